The van der Waals surface area contributed by atoms with E-state index in [9.17, 15) is 9.59 Å². The van der Waals surface area contributed by atoms with Crippen LogP contribution in [0.1, 0.15) is 32.8 Å². The molecule has 0 unspecified atom stereocenters. The van der Waals surface area contributed by atoms with Crippen LogP contribution in [0.3, 0.4) is 0 Å². The van der Waals surface area contributed by atoms with E-state index >= 15 is 0 Å². The second-order valence-electron chi connectivity index (χ2n) is 7.49. The zero-order chi connectivity index (χ0) is 22.2. The molecule has 0 fully saturated rings. The predicted molar refractivity (Wildman–Crippen MR) is 127 cm³/mol. The maximum absolute atomic E-state index is 13.1. The third-order valence-electron chi connectivity index (χ3n) is 4.81. The van der Waals surface area contributed by atoms with Gasteiger partial charge in [0.2, 0.25) is 5.91 Å². The van der Waals surface area contributed by atoms with Gasteiger partial charge in [-0.25, -0.2) is 4.98 Å². The van der Waals surface area contributed by atoms with E-state index in [-0.39, 0.29) is 23.3 Å². The number of ether oxygens (including phenoxy) is 1. The zero-order valence-electron chi connectivity index (χ0n) is 18.3. The van der Waals surface area contributed by atoms with Crippen molar-refractivity contribution in [3.63, 3.8) is 0 Å². The number of para-hydroxylation sites is 2. The summed E-state index contributed by atoms with van der Waals surface area (Å²) < 4.78 is 7.27. The molecule has 1 aromatic heterocycles. The topological polar surface area (TPSA) is 73.2 Å². The molecule has 2 aromatic carbocycles. The molecule has 0 saturated carbocycles. The number of nitrogens with one attached hydrogen (secondary N) is 1. The molecule has 0 aliphatic rings. The third-order valence-corrected chi connectivity index (χ3v) is 5.78. The first-order valence-electron chi connectivity index (χ1n) is 10.6. The van der Waals surface area contributed by atoms with Crippen LogP contribution in [-0.2, 0) is 22.5 Å². The van der Waals surface area contributed by atoms with Crippen LogP contribution in [0.25, 0.3) is 10.9 Å². The van der Waals surface area contributed by atoms with Gasteiger partial charge in [-0.3, -0.25) is 14.2 Å². The number of nitrogens with zero attached hydrogens (tertiary/aromatic N) is 2. The lowest BCUT2D eigenvalue weighted by Crippen LogP contribution is -2.25. The summed E-state index contributed by atoms with van der Waals surface area (Å²) in [5.41, 5.74) is 2.47. The molecule has 0 spiro atoms. The van der Waals surface area contributed by atoms with Crippen LogP contribution >= 0.6 is 11.8 Å². The number of aryl methyl sites for hydroxylation is 1. The van der Waals surface area contributed by atoms with Crippen LogP contribution in [0.5, 0.6) is 0 Å². The summed E-state index contributed by atoms with van der Waals surface area (Å²) in [4.78, 5) is 30.3. The first kappa shape index (κ1) is 23.0. The van der Waals surface area contributed by atoms with Gasteiger partial charge in [-0.1, -0.05) is 49.0 Å². The molecule has 164 valence electrons. The highest BCUT2D eigenvalue weighted by Gasteiger charge is 2.14. The molecule has 0 bridgehead atoms. The molecule has 1 heterocycles. The average Bonchev–Trinajstić information content (AvgIpc) is 2.77. The van der Waals surface area contributed by atoms with Crippen molar-refractivity contribution in [2.75, 3.05) is 17.7 Å². The number of amides is 1. The van der Waals surface area contributed by atoms with E-state index < -0.39 is 0 Å². The summed E-state index contributed by atoms with van der Waals surface area (Å²) in [6.45, 7) is 7.09. The van der Waals surface area contributed by atoms with Crippen LogP contribution in [0.2, 0.25) is 0 Å². The van der Waals surface area contributed by atoms with Crippen molar-refractivity contribution < 1.29 is 9.53 Å². The standard InChI is InChI=1S/C24H29N3O3S/c1-4-18-10-5-7-12-20(18)25-22(28)16-31-24-26-21-13-8-6-11-19(21)23(29)27(24)14-9-15-30-17(2)3/h5-8,10-13,17H,4,9,14-16H2,1-3H3,(H,25,28). The second kappa shape index (κ2) is 11.1. The Hall–Kier alpha value is -2.64. The van der Waals surface area contributed by atoms with Gasteiger partial charge in [0.1, 0.15) is 0 Å². The SMILES string of the molecule is CCc1ccccc1NC(=O)CSc1nc2ccccc2c(=O)n1CCCOC(C)C. The Kier molecular flexibility index (Phi) is 8.26. The maximum Gasteiger partial charge on any atom is 0.262 e. The summed E-state index contributed by atoms with van der Waals surface area (Å²) in [5, 5.41) is 4.10. The van der Waals surface area contributed by atoms with Crippen LogP contribution in [0, 0.1) is 0 Å². The van der Waals surface area contributed by atoms with Crippen molar-refractivity contribution in [1.29, 1.82) is 0 Å². The Morgan fingerprint density at radius 3 is 2.68 bits per heavy atom. The van der Waals surface area contributed by atoms with Gasteiger partial charge < -0.3 is 10.1 Å². The number of benzene rings is 2. The van der Waals surface area contributed by atoms with Gasteiger partial charge in [-0.05, 0) is 50.5 Å². The monoisotopic (exact) mass is 439 g/mol. The number of aromatic nitrogens is 2. The number of hydrogen-bond donors (Lipinski definition) is 1. The molecule has 0 aliphatic carbocycles. The molecular weight excluding hydrogens is 410 g/mol. The maximum atomic E-state index is 13.1. The molecule has 1 amide bonds. The van der Waals surface area contributed by atoms with Crippen molar-refractivity contribution in [3.8, 4) is 0 Å². The first-order chi connectivity index (χ1) is 15.0. The highest BCUT2D eigenvalue weighted by molar-refractivity contribution is 7.99. The van der Waals surface area contributed by atoms with Gasteiger partial charge >= 0.3 is 0 Å². The molecule has 0 aliphatic heterocycles. The smallest absolute Gasteiger partial charge is 0.262 e. The molecular formula is C24H29N3O3S. The average molecular weight is 440 g/mol. The fraction of sp³-hybridized carbons (Fsp3) is 0.375. The molecule has 31 heavy (non-hydrogen) atoms. The number of carbonyl (C=O) groups excluding carboxylic acids is 1. The van der Waals surface area contributed by atoms with Crippen molar-refractivity contribution in [3.05, 3.63) is 64.4 Å². The second-order valence-corrected chi connectivity index (χ2v) is 8.43. The lowest BCUT2D eigenvalue weighted by molar-refractivity contribution is -0.113. The van der Waals surface area contributed by atoms with Gasteiger partial charge in [-0.15, -0.1) is 0 Å². The van der Waals surface area contributed by atoms with Crippen molar-refractivity contribution in [2.24, 2.45) is 0 Å². The van der Waals surface area contributed by atoms with Gasteiger partial charge in [0, 0.05) is 18.8 Å². The minimum Gasteiger partial charge on any atom is -0.379 e. The van der Waals surface area contributed by atoms with Gasteiger partial charge in [-0.2, -0.15) is 0 Å². The quantitative estimate of drug-likeness (QED) is 0.286. The summed E-state index contributed by atoms with van der Waals surface area (Å²) in [6.07, 6.45) is 1.69. The largest absolute Gasteiger partial charge is 0.379 e. The van der Waals surface area contributed by atoms with Gasteiger partial charge in [0.05, 0.1) is 22.8 Å². The predicted octanol–water partition coefficient (Wildman–Crippen LogP) is 4.50. The zero-order valence-corrected chi connectivity index (χ0v) is 19.1. The van der Waals surface area contributed by atoms with Crippen LogP contribution in [-0.4, -0.2) is 33.9 Å². The van der Waals surface area contributed by atoms with E-state index in [0.29, 0.717) is 35.6 Å². The molecule has 7 heteroatoms. The fourth-order valence-electron chi connectivity index (χ4n) is 3.26. The van der Waals surface area contributed by atoms with E-state index in [1.807, 2.05) is 56.3 Å². The molecule has 1 N–H and O–H groups in total. The first-order valence-corrected chi connectivity index (χ1v) is 11.6. The number of carbonyl (C=O) groups is 1. The highest BCUT2D eigenvalue weighted by atomic mass is 32.2. The Balaban J connectivity index is 1.77. The lowest BCUT2D eigenvalue weighted by Gasteiger charge is -2.14. The van der Waals surface area contributed by atoms with E-state index in [0.717, 1.165) is 17.7 Å². The summed E-state index contributed by atoms with van der Waals surface area (Å²) in [5.74, 6) is 0.0497. The number of anilines is 1. The van der Waals surface area contributed by atoms with E-state index in [1.165, 1.54) is 11.8 Å². The van der Waals surface area contributed by atoms with Crippen LogP contribution in [0.4, 0.5) is 5.69 Å². The summed E-state index contributed by atoms with van der Waals surface area (Å²) in [7, 11) is 0. The number of fused-ring (bicyclic) bond motifs is 1. The molecule has 0 atom stereocenters. The normalized spacial score (nSPS) is 11.2. The number of rotatable bonds is 10. The fourth-order valence-corrected chi connectivity index (χ4v) is 4.09. The van der Waals surface area contributed by atoms with Gasteiger partial charge in [0.15, 0.2) is 5.16 Å². The highest BCUT2D eigenvalue weighted by Crippen LogP contribution is 2.20. The van der Waals surface area contributed by atoms with E-state index in [2.05, 4.69) is 17.2 Å². The van der Waals surface area contributed by atoms with Gasteiger partial charge in [0.25, 0.3) is 5.56 Å². The molecule has 0 saturated heterocycles. The van der Waals surface area contributed by atoms with E-state index in [1.54, 1.807) is 10.6 Å². The lowest BCUT2D eigenvalue weighted by atomic mass is 10.1. The van der Waals surface area contributed by atoms with Crippen LogP contribution < -0.4 is 10.9 Å². The summed E-state index contributed by atoms with van der Waals surface area (Å²) in [6, 6.07) is 15.1. The Morgan fingerprint density at radius 1 is 1.16 bits per heavy atom. The van der Waals surface area contributed by atoms with Crippen LogP contribution in [0.15, 0.2) is 58.5 Å². The van der Waals surface area contributed by atoms with Crippen molar-refractivity contribution >= 4 is 34.3 Å². The molecule has 6 nitrogen and oxygen atoms in total. The molecule has 0 radical (unpaired) electrons. The Bertz CT molecular complexity index is 1090. The summed E-state index contributed by atoms with van der Waals surface area (Å²) >= 11 is 1.28. The Morgan fingerprint density at radius 2 is 1.90 bits per heavy atom. The van der Waals surface area contributed by atoms with Crippen molar-refractivity contribution in [1.82, 2.24) is 9.55 Å². The minimum absolute atomic E-state index is 0.0885. The molecule has 3 rings (SSSR count). The van der Waals surface area contributed by atoms with Crippen molar-refractivity contribution in [2.45, 2.75) is 51.4 Å². The number of thioether (sulfide) groups is 1. The number of hydrogen-bond acceptors (Lipinski definition) is 5. The third kappa shape index (κ3) is 6.18. The van der Waals surface area contributed by atoms with E-state index in [4.69, 9.17) is 4.74 Å². The molecule has 3 aromatic rings. The Labute approximate surface area is 187 Å². The minimum atomic E-state index is -0.122.